The van der Waals surface area contributed by atoms with Crippen LogP contribution < -0.4 is 10.6 Å². The van der Waals surface area contributed by atoms with E-state index >= 15 is 0 Å². The SMILES string of the molecule is Cl.O=C(NCCC1CCNC1)c1ccc2ccccc2c1. The highest BCUT2D eigenvalue weighted by atomic mass is 35.5. The maximum absolute atomic E-state index is 12.1. The quantitative estimate of drug-likeness (QED) is 0.912. The molecule has 21 heavy (non-hydrogen) atoms. The van der Waals surface area contributed by atoms with E-state index in [-0.39, 0.29) is 18.3 Å². The average Bonchev–Trinajstić information content (AvgIpc) is 3.00. The summed E-state index contributed by atoms with van der Waals surface area (Å²) in [6, 6.07) is 14.0. The Labute approximate surface area is 131 Å². The van der Waals surface area contributed by atoms with E-state index < -0.39 is 0 Å². The Bertz CT molecular complexity index is 609. The Hall–Kier alpha value is -1.58. The van der Waals surface area contributed by atoms with Crippen LogP contribution >= 0.6 is 12.4 Å². The predicted molar refractivity (Wildman–Crippen MR) is 89.1 cm³/mol. The first-order valence-electron chi connectivity index (χ1n) is 7.30. The number of amides is 1. The third-order valence-corrected chi connectivity index (χ3v) is 4.01. The summed E-state index contributed by atoms with van der Waals surface area (Å²) >= 11 is 0. The number of carbonyl (C=O) groups is 1. The highest BCUT2D eigenvalue weighted by Gasteiger charge is 2.14. The third-order valence-electron chi connectivity index (χ3n) is 4.01. The Morgan fingerprint density at radius 1 is 1.19 bits per heavy atom. The van der Waals surface area contributed by atoms with Gasteiger partial charge in [0.05, 0.1) is 0 Å². The number of hydrogen-bond donors (Lipinski definition) is 2. The van der Waals surface area contributed by atoms with Gasteiger partial charge in [0.2, 0.25) is 0 Å². The van der Waals surface area contributed by atoms with E-state index in [1.54, 1.807) is 0 Å². The van der Waals surface area contributed by atoms with Crippen molar-refractivity contribution >= 4 is 29.1 Å². The minimum Gasteiger partial charge on any atom is -0.352 e. The number of nitrogens with one attached hydrogen (secondary N) is 2. The van der Waals surface area contributed by atoms with Crippen LogP contribution in [0.5, 0.6) is 0 Å². The zero-order valence-electron chi connectivity index (χ0n) is 12.0. The van der Waals surface area contributed by atoms with Crippen molar-refractivity contribution in [3.63, 3.8) is 0 Å². The van der Waals surface area contributed by atoms with Gasteiger partial charge in [-0.2, -0.15) is 0 Å². The molecule has 1 saturated heterocycles. The van der Waals surface area contributed by atoms with E-state index in [1.807, 2.05) is 36.4 Å². The summed E-state index contributed by atoms with van der Waals surface area (Å²) in [6.07, 6.45) is 2.29. The lowest BCUT2D eigenvalue weighted by Gasteiger charge is -2.09. The molecular formula is C17H21ClN2O. The normalized spacial score (nSPS) is 17.4. The first kappa shape index (κ1) is 15.8. The van der Waals surface area contributed by atoms with Crippen LogP contribution in [0, 0.1) is 5.92 Å². The largest absolute Gasteiger partial charge is 0.352 e. The molecule has 0 saturated carbocycles. The molecule has 112 valence electrons. The van der Waals surface area contributed by atoms with E-state index in [4.69, 9.17) is 0 Å². The number of halogens is 1. The number of rotatable bonds is 4. The molecule has 1 aliphatic heterocycles. The molecule has 2 N–H and O–H groups in total. The fourth-order valence-corrected chi connectivity index (χ4v) is 2.78. The predicted octanol–water partition coefficient (Wildman–Crippen LogP) is 2.99. The second-order valence-corrected chi connectivity index (χ2v) is 5.47. The van der Waals surface area contributed by atoms with Crippen LogP contribution in [-0.2, 0) is 0 Å². The van der Waals surface area contributed by atoms with E-state index in [0.717, 1.165) is 37.0 Å². The number of hydrogen-bond acceptors (Lipinski definition) is 2. The lowest BCUT2D eigenvalue weighted by molar-refractivity contribution is 0.0952. The lowest BCUT2D eigenvalue weighted by atomic mass is 10.0. The Balaban J connectivity index is 0.00000161. The molecule has 1 heterocycles. The minimum absolute atomic E-state index is 0. The van der Waals surface area contributed by atoms with Gasteiger partial charge < -0.3 is 10.6 Å². The Kier molecular flexibility index (Phi) is 5.59. The Morgan fingerprint density at radius 2 is 2.00 bits per heavy atom. The topological polar surface area (TPSA) is 41.1 Å². The summed E-state index contributed by atoms with van der Waals surface area (Å²) in [5.41, 5.74) is 0.744. The van der Waals surface area contributed by atoms with Crippen molar-refractivity contribution in [1.82, 2.24) is 10.6 Å². The molecule has 3 nitrogen and oxygen atoms in total. The second kappa shape index (κ2) is 7.43. The van der Waals surface area contributed by atoms with Crippen molar-refractivity contribution in [2.75, 3.05) is 19.6 Å². The molecule has 3 rings (SSSR count). The van der Waals surface area contributed by atoms with Gasteiger partial charge in [0, 0.05) is 12.1 Å². The molecule has 1 fully saturated rings. The molecule has 0 spiro atoms. The maximum Gasteiger partial charge on any atom is 0.251 e. The zero-order chi connectivity index (χ0) is 13.8. The van der Waals surface area contributed by atoms with Gasteiger partial charge in [0.15, 0.2) is 0 Å². The monoisotopic (exact) mass is 304 g/mol. The van der Waals surface area contributed by atoms with Crippen LogP contribution in [0.2, 0.25) is 0 Å². The van der Waals surface area contributed by atoms with E-state index in [2.05, 4.69) is 16.7 Å². The molecule has 1 atom stereocenters. The molecule has 0 aromatic heterocycles. The number of benzene rings is 2. The first-order valence-corrected chi connectivity index (χ1v) is 7.30. The van der Waals surface area contributed by atoms with E-state index in [9.17, 15) is 4.79 Å². The third kappa shape index (κ3) is 3.96. The van der Waals surface area contributed by atoms with Crippen LogP contribution in [0.3, 0.4) is 0 Å². The van der Waals surface area contributed by atoms with Gasteiger partial charge in [0.25, 0.3) is 5.91 Å². The van der Waals surface area contributed by atoms with Crippen molar-refractivity contribution in [3.05, 3.63) is 48.0 Å². The second-order valence-electron chi connectivity index (χ2n) is 5.47. The first-order chi connectivity index (χ1) is 9.83. The highest BCUT2D eigenvalue weighted by Crippen LogP contribution is 2.16. The average molecular weight is 305 g/mol. The molecule has 0 bridgehead atoms. The number of carbonyl (C=O) groups excluding carboxylic acids is 1. The molecule has 0 radical (unpaired) electrons. The highest BCUT2D eigenvalue weighted by molar-refractivity contribution is 5.98. The molecule has 4 heteroatoms. The summed E-state index contributed by atoms with van der Waals surface area (Å²) in [6.45, 7) is 2.97. The van der Waals surface area contributed by atoms with Gasteiger partial charge in [-0.25, -0.2) is 0 Å². The molecule has 1 amide bonds. The molecule has 1 aliphatic rings. The summed E-state index contributed by atoms with van der Waals surface area (Å²) in [5, 5.41) is 8.65. The van der Waals surface area contributed by atoms with Gasteiger partial charge in [-0.15, -0.1) is 12.4 Å². The zero-order valence-corrected chi connectivity index (χ0v) is 12.8. The summed E-state index contributed by atoms with van der Waals surface area (Å²) in [5.74, 6) is 0.744. The fraction of sp³-hybridized carbons (Fsp3) is 0.353. The van der Waals surface area contributed by atoms with Gasteiger partial charge in [-0.1, -0.05) is 30.3 Å². The summed E-state index contributed by atoms with van der Waals surface area (Å²) in [7, 11) is 0. The molecule has 1 unspecified atom stereocenters. The summed E-state index contributed by atoms with van der Waals surface area (Å²) < 4.78 is 0. The molecule has 2 aromatic rings. The van der Waals surface area contributed by atoms with E-state index in [0.29, 0.717) is 5.92 Å². The van der Waals surface area contributed by atoms with Gasteiger partial charge in [-0.05, 0) is 54.8 Å². The molecule has 0 aliphatic carbocycles. The standard InChI is InChI=1S/C17H20N2O.ClH/c20-17(19-10-8-13-7-9-18-12-13)16-6-5-14-3-1-2-4-15(14)11-16;/h1-6,11,13,18H,7-10,12H2,(H,19,20);1H. The minimum atomic E-state index is 0. The smallest absolute Gasteiger partial charge is 0.251 e. The van der Waals surface area contributed by atoms with Crippen LogP contribution in [-0.4, -0.2) is 25.5 Å². The molecule has 2 aromatic carbocycles. The van der Waals surface area contributed by atoms with Crippen LogP contribution in [0.25, 0.3) is 10.8 Å². The van der Waals surface area contributed by atoms with Crippen molar-refractivity contribution in [3.8, 4) is 0 Å². The Morgan fingerprint density at radius 3 is 2.76 bits per heavy atom. The van der Waals surface area contributed by atoms with Crippen LogP contribution in [0.4, 0.5) is 0 Å². The van der Waals surface area contributed by atoms with Gasteiger partial charge >= 0.3 is 0 Å². The maximum atomic E-state index is 12.1. The fourth-order valence-electron chi connectivity index (χ4n) is 2.78. The van der Waals surface area contributed by atoms with Crippen molar-refractivity contribution in [2.45, 2.75) is 12.8 Å². The van der Waals surface area contributed by atoms with Gasteiger partial charge in [0.1, 0.15) is 0 Å². The van der Waals surface area contributed by atoms with Crippen molar-refractivity contribution in [2.24, 2.45) is 5.92 Å². The molecular weight excluding hydrogens is 284 g/mol. The van der Waals surface area contributed by atoms with Crippen molar-refractivity contribution < 1.29 is 4.79 Å². The number of fused-ring (bicyclic) bond motifs is 1. The van der Waals surface area contributed by atoms with Crippen molar-refractivity contribution in [1.29, 1.82) is 0 Å². The van der Waals surface area contributed by atoms with Crippen LogP contribution in [0.1, 0.15) is 23.2 Å². The van der Waals surface area contributed by atoms with Crippen LogP contribution in [0.15, 0.2) is 42.5 Å². The van der Waals surface area contributed by atoms with Gasteiger partial charge in [-0.3, -0.25) is 4.79 Å². The van der Waals surface area contributed by atoms with E-state index in [1.165, 1.54) is 11.8 Å². The summed E-state index contributed by atoms with van der Waals surface area (Å²) in [4.78, 5) is 12.1. The lowest BCUT2D eigenvalue weighted by Crippen LogP contribution is -2.26.